The Hall–Kier alpha value is -2.77. The summed E-state index contributed by atoms with van der Waals surface area (Å²) in [5.74, 6) is 0.318. The number of hydrogen-bond acceptors (Lipinski definition) is 5. The van der Waals surface area contributed by atoms with Crippen molar-refractivity contribution in [1.29, 1.82) is 0 Å². The largest absolute Gasteiger partial charge is 0.497 e. The summed E-state index contributed by atoms with van der Waals surface area (Å²) in [6.45, 7) is 2.26. The topological polar surface area (TPSA) is 54.5 Å². The van der Waals surface area contributed by atoms with E-state index in [4.69, 9.17) is 4.74 Å². The van der Waals surface area contributed by atoms with Crippen molar-refractivity contribution < 1.29 is 13.9 Å². The highest BCUT2D eigenvalue weighted by Crippen LogP contribution is 2.28. The van der Waals surface area contributed by atoms with Gasteiger partial charge in [0.25, 0.3) is 5.91 Å². The molecule has 1 atom stereocenters. The number of aryl methyl sites for hydroxylation is 1. The van der Waals surface area contributed by atoms with Crippen molar-refractivity contribution in [2.75, 3.05) is 27.7 Å². The van der Waals surface area contributed by atoms with Crippen molar-refractivity contribution in [2.45, 2.75) is 13.0 Å². The molecule has 0 aliphatic carbocycles. The molecule has 0 spiro atoms. The molecule has 3 aromatic rings. The zero-order valence-electron chi connectivity index (χ0n) is 16.9. The number of carbonyl (C=O) groups is 1. The van der Waals surface area contributed by atoms with Gasteiger partial charge in [-0.15, -0.1) is 11.3 Å². The predicted octanol–water partition coefficient (Wildman–Crippen LogP) is 4.30. The predicted molar refractivity (Wildman–Crippen MR) is 114 cm³/mol. The molecule has 5 nitrogen and oxygen atoms in total. The van der Waals surface area contributed by atoms with Crippen LogP contribution in [0.4, 0.5) is 4.39 Å². The molecule has 2 aromatic carbocycles. The van der Waals surface area contributed by atoms with Gasteiger partial charge in [0.1, 0.15) is 21.5 Å². The van der Waals surface area contributed by atoms with E-state index in [1.165, 1.54) is 23.5 Å². The van der Waals surface area contributed by atoms with E-state index in [9.17, 15) is 9.18 Å². The number of benzene rings is 2. The van der Waals surface area contributed by atoms with Crippen LogP contribution in [-0.4, -0.2) is 43.5 Å². The van der Waals surface area contributed by atoms with Crippen LogP contribution in [-0.2, 0) is 0 Å². The molecule has 7 heteroatoms. The van der Waals surface area contributed by atoms with Gasteiger partial charge < -0.3 is 15.0 Å². The third kappa shape index (κ3) is 4.99. The van der Waals surface area contributed by atoms with Gasteiger partial charge in [-0.1, -0.05) is 12.1 Å². The smallest absolute Gasteiger partial charge is 0.263 e. The Bertz CT molecular complexity index is 986. The van der Waals surface area contributed by atoms with Crippen LogP contribution in [0.25, 0.3) is 10.6 Å². The lowest BCUT2D eigenvalue weighted by Gasteiger charge is -2.25. The number of methoxy groups -OCH3 is 1. The van der Waals surface area contributed by atoms with Crippen molar-refractivity contribution >= 4 is 17.2 Å². The Morgan fingerprint density at radius 1 is 1.24 bits per heavy atom. The molecule has 0 bridgehead atoms. The van der Waals surface area contributed by atoms with E-state index < -0.39 is 0 Å². The van der Waals surface area contributed by atoms with Gasteiger partial charge in [0, 0.05) is 12.1 Å². The third-order valence-electron chi connectivity index (χ3n) is 4.65. The van der Waals surface area contributed by atoms with E-state index >= 15 is 0 Å². The van der Waals surface area contributed by atoms with Crippen molar-refractivity contribution in [3.63, 3.8) is 0 Å². The third-order valence-corrected chi connectivity index (χ3v) is 5.86. The van der Waals surface area contributed by atoms with Crippen LogP contribution in [0.15, 0.2) is 48.5 Å². The number of carbonyl (C=O) groups excluding carboxylic acids is 1. The normalized spacial score (nSPS) is 12.1. The molecule has 3 rings (SSSR count). The van der Waals surface area contributed by atoms with E-state index in [0.717, 1.165) is 16.9 Å². The Kier molecular flexibility index (Phi) is 6.61. The monoisotopic (exact) mass is 413 g/mol. The fourth-order valence-electron chi connectivity index (χ4n) is 3.04. The lowest BCUT2D eigenvalue weighted by molar-refractivity contribution is 0.0945. The van der Waals surface area contributed by atoms with Crippen LogP contribution < -0.4 is 10.1 Å². The van der Waals surface area contributed by atoms with Crippen molar-refractivity contribution in [3.05, 3.63) is 70.5 Å². The number of halogens is 1. The summed E-state index contributed by atoms with van der Waals surface area (Å²) in [6.07, 6.45) is 0. The summed E-state index contributed by atoms with van der Waals surface area (Å²) in [5.41, 5.74) is 2.51. The highest BCUT2D eigenvalue weighted by molar-refractivity contribution is 7.17. The fourth-order valence-corrected chi connectivity index (χ4v) is 4.03. The molecule has 1 heterocycles. The molecule has 0 fully saturated rings. The minimum Gasteiger partial charge on any atom is -0.497 e. The second-order valence-corrected chi connectivity index (χ2v) is 7.91. The van der Waals surface area contributed by atoms with Gasteiger partial charge in [-0.25, -0.2) is 9.37 Å². The Morgan fingerprint density at radius 3 is 2.62 bits per heavy atom. The van der Waals surface area contributed by atoms with Crippen molar-refractivity contribution in [2.24, 2.45) is 0 Å². The highest BCUT2D eigenvalue weighted by Gasteiger charge is 2.20. The Morgan fingerprint density at radius 2 is 1.97 bits per heavy atom. The average Bonchev–Trinajstić information content (AvgIpc) is 3.10. The lowest BCUT2D eigenvalue weighted by atomic mass is 10.1. The molecule has 0 aliphatic rings. The van der Waals surface area contributed by atoms with Crippen LogP contribution in [0.2, 0.25) is 0 Å². The van der Waals surface area contributed by atoms with E-state index in [1.807, 2.05) is 45.3 Å². The molecule has 1 N–H and O–H groups in total. The minimum absolute atomic E-state index is 0.00107. The minimum atomic E-state index is -0.299. The van der Waals surface area contributed by atoms with E-state index in [2.05, 4.69) is 15.2 Å². The molecule has 1 unspecified atom stereocenters. The number of rotatable bonds is 7. The van der Waals surface area contributed by atoms with E-state index in [1.54, 1.807) is 19.2 Å². The summed E-state index contributed by atoms with van der Waals surface area (Å²) < 4.78 is 18.5. The van der Waals surface area contributed by atoms with Gasteiger partial charge in [-0.3, -0.25) is 4.79 Å². The molecule has 0 saturated heterocycles. The second-order valence-electron chi connectivity index (χ2n) is 6.91. The van der Waals surface area contributed by atoms with E-state index in [0.29, 0.717) is 22.1 Å². The van der Waals surface area contributed by atoms with Crippen LogP contribution in [0.1, 0.15) is 27.0 Å². The summed E-state index contributed by atoms with van der Waals surface area (Å²) in [5, 5.41) is 3.72. The number of thiazole rings is 1. The van der Waals surface area contributed by atoms with Crippen molar-refractivity contribution in [3.8, 4) is 16.3 Å². The molecule has 29 heavy (non-hydrogen) atoms. The number of aromatic nitrogens is 1. The molecule has 1 aromatic heterocycles. The summed E-state index contributed by atoms with van der Waals surface area (Å²) >= 11 is 1.31. The average molecular weight is 414 g/mol. The summed E-state index contributed by atoms with van der Waals surface area (Å²) in [6, 6.07) is 13.9. The van der Waals surface area contributed by atoms with Gasteiger partial charge in [0.2, 0.25) is 0 Å². The van der Waals surface area contributed by atoms with Gasteiger partial charge >= 0.3 is 0 Å². The van der Waals surface area contributed by atoms with Gasteiger partial charge in [-0.05, 0) is 63.0 Å². The summed E-state index contributed by atoms with van der Waals surface area (Å²) in [7, 11) is 5.58. The van der Waals surface area contributed by atoms with Crippen molar-refractivity contribution in [1.82, 2.24) is 15.2 Å². The zero-order valence-corrected chi connectivity index (χ0v) is 17.7. The molecular weight excluding hydrogens is 389 g/mol. The van der Waals surface area contributed by atoms with Crippen LogP contribution in [0.5, 0.6) is 5.75 Å². The standard InChI is InChI=1S/C22H24FN3O2S/c1-14-20(29-22(25-14)15-8-10-17(23)11-9-15)21(27)24-13-19(26(2)3)16-6-5-7-18(12-16)28-4/h5-12,19H,13H2,1-4H3,(H,24,27). The Labute approximate surface area is 174 Å². The van der Waals surface area contributed by atoms with E-state index in [-0.39, 0.29) is 17.8 Å². The maximum atomic E-state index is 13.2. The maximum absolute atomic E-state index is 13.2. The van der Waals surface area contributed by atoms with Crippen LogP contribution in [0.3, 0.4) is 0 Å². The molecule has 0 aliphatic heterocycles. The van der Waals surface area contributed by atoms with Gasteiger partial charge in [0.15, 0.2) is 0 Å². The lowest BCUT2D eigenvalue weighted by Crippen LogP contribution is -2.34. The Balaban J connectivity index is 1.74. The quantitative estimate of drug-likeness (QED) is 0.628. The zero-order chi connectivity index (χ0) is 21.0. The number of hydrogen-bond donors (Lipinski definition) is 1. The fraction of sp³-hybridized carbons (Fsp3) is 0.273. The van der Waals surface area contributed by atoms with Crippen LogP contribution in [0, 0.1) is 12.7 Å². The first-order chi connectivity index (χ1) is 13.9. The number of ether oxygens (including phenoxy) is 1. The second kappa shape index (κ2) is 9.15. The molecule has 152 valence electrons. The number of nitrogens with zero attached hydrogens (tertiary/aromatic N) is 2. The number of nitrogens with one attached hydrogen (secondary N) is 1. The number of likely N-dealkylation sites (N-methyl/N-ethyl adjacent to an activating group) is 1. The molecule has 0 radical (unpaired) electrons. The van der Waals surface area contributed by atoms with Gasteiger partial charge in [0.05, 0.1) is 18.8 Å². The summed E-state index contributed by atoms with van der Waals surface area (Å²) in [4.78, 5) is 19.9. The molecular formula is C22H24FN3O2S. The first kappa shape index (κ1) is 21.0. The number of amides is 1. The van der Waals surface area contributed by atoms with Crippen LogP contribution >= 0.6 is 11.3 Å². The molecule has 1 amide bonds. The maximum Gasteiger partial charge on any atom is 0.263 e. The first-order valence-electron chi connectivity index (χ1n) is 9.21. The SMILES string of the molecule is COc1cccc(C(CNC(=O)c2sc(-c3ccc(F)cc3)nc2C)N(C)C)c1. The first-order valence-corrected chi connectivity index (χ1v) is 10.0. The highest BCUT2D eigenvalue weighted by atomic mass is 32.1. The molecule has 0 saturated carbocycles. The van der Waals surface area contributed by atoms with Gasteiger partial charge in [-0.2, -0.15) is 0 Å².